The van der Waals surface area contributed by atoms with Crippen LogP contribution in [0.4, 0.5) is 0 Å². The third-order valence-corrected chi connectivity index (χ3v) is 9.00. The van der Waals surface area contributed by atoms with Gasteiger partial charge in [0.2, 0.25) is 0 Å². The summed E-state index contributed by atoms with van der Waals surface area (Å²) >= 11 is 0. The van der Waals surface area contributed by atoms with E-state index in [9.17, 15) is 19.4 Å². The maximum atomic E-state index is 12.5. The van der Waals surface area contributed by atoms with E-state index >= 15 is 0 Å². The van der Waals surface area contributed by atoms with Crippen LogP contribution < -0.4 is 0 Å². The molecule has 0 fully saturated rings. The number of carbonyl (C=O) groups is 1. The Balaban J connectivity index is 4.25. The second-order valence-corrected chi connectivity index (χ2v) is 14.4. The molecule has 0 aliphatic rings. The van der Waals surface area contributed by atoms with Gasteiger partial charge in [0.05, 0.1) is 26.4 Å². The first kappa shape index (κ1) is 47.7. The van der Waals surface area contributed by atoms with Gasteiger partial charge >= 0.3 is 13.8 Å². The van der Waals surface area contributed by atoms with Gasteiger partial charge in [-0.1, -0.05) is 121 Å². The van der Waals surface area contributed by atoms with Crippen molar-refractivity contribution < 1.29 is 43.0 Å². The number of esters is 1. The largest absolute Gasteiger partial charge is 0.472 e. The minimum absolute atomic E-state index is 0.0389. The van der Waals surface area contributed by atoms with Crippen LogP contribution in [0, 0.1) is 0 Å². The molecular weight excluding hydrogens is 643 g/mol. The van der Waals surface area contributed by atoms with Gasteiger partial charge in [-0.15, -0.1) is 0 Å². The standard InChI is InChI=1S/C39H73O9P/c1-3-5-7-9-11-13-15-17-18-19-20-22-24-26-28-30-32-45-35-38(36-47-49(43,44)46-34-37(41)33-40)48-39(42)31-29-27-25-23-21-16-14-12-10-8-6-4-2/h11-14,17-18,37-38,40-41H,3-10,15-16,19-36H2,1-2H3,(H,43,44)/b13-11-,14-12-,18-17-. The molecule has 0 saturated heterocycles. The molecule has 288 valence electrons. The fourth-order valence-electron chi connectivity index (χ4n) is 5.03. The number of phosphoric acid groups is 1. The van der Waals surface area contributed by atoms with E-state index in [1.165, 1.54) is 70.6 Å². The van der Waals surface area contributed by atoms with Gasteiger partial charge in [0.15, 0.2) is 0 Å². The molecule has 0 radical (unpaired) electrons. The number of allylic oxidation sites excluding steroid dienone is 6. The normalized spacial score (nSPS) is 14.6. The summed E-state index contributed by atoms with van der Waals surface area (Å²) in [7, 11) is -4.51. The summed E-state index contributed by atoms with van der Waals surface area (Å²) in [6.07, 6.45) is 36.7. The predicted molar refractivity (Wildman–Crippen MR) is 200 cm³/mol. The molecule has 0 heterocycles. The fraction of sp³-hybridized carbons (Fsp3) is 0.821. The van der Waals surface area contributed by atoms with E-state index in [1.807, 2.05) is 0 Å². The van der Waals surface area contributed by atoms with Crippen LogP contribution in [0.3, 0.4) is 0 Å². The van der Waals surface area contributed by atoms with Crippen molar-refractivity contribution in [3.63, 3.8) is 0 Å². The smallest absolute Gasteiger partial charge is 0.457 e. The SMILES string of the molecule is CCCCC/C=C\C/C=C\CCCCCCCCOCC(COP(=O)(O)OCC(O)CO)OC(=O)CCCCCCC/C=C\CCCCC. The zero-order chi connectivity index (χ0) is 36.1. The van der Waals surface area contributed by atoms with Crippen molar-refractivity contribution in [1.82, 2.24) is 0 Å². The Labute approximate surface area is 299 Å². The molecule has 0 amide bonds. The van der Waals surface area contributed by atoms with Crippen LogP contribution >= 0.6 is 7.82 Å². The average Bonchev–Trinajstić information content (AvgIpc) is 3.09. The summed E-state index contributed by atoms with van der Waals surface area (Å²) in [5, 5.41) is 18.3. The number of unbranched alkanes of at least 4 members (excludes halogenated alkanes) is 17. The van der Waals surface area contributed by atoms with Crippen molar-refractivity contribution in [2.24, 2.45) is 0 Å². The molecule has 0 rings (SSSR count). The van der Waals surface area contributed by atoms with Crippen molar-refractivity contribution in [2.75, 3.05) is 33.0 Å². The molecule has 0 aromatic carbocycles. The number of rotatable bonds is 37. The lowest BCUT2D eigenvalue weighted by atomic mass is 10.1. The highest BCUT2D eigenvalue weighted by Gasteiger charge is 2.26. The van der Waals surface area contributed by atoms with Crippen LogP contribution in [0.15, 0.2) is 36.5 Å². The number of hydrogen-bond acceptors (Lipinski definition) is 8. The van der Waals surface area contributed by atoms with Gasteiger partial charge in [0, 0.05) is 13.0 Å². The van der Waals surface area contributed by atoms with E-state index in [4.69, 9.17) is 23.6 Å². The van der Waals surface area contributed by atoms with Crippen LogP contribution in [0.5, 0.6) is 0 Å². The molecule has 0 bridgehead atoms. The molecule has 0 spiro atoms. The Morgan fingerprint density at radius 2 is 1.10 bits per heavy atom. The van der Waals surface area contributed by atoms with Gasteiger partial charge in [-0.05, 0) is 70.6 Å². The monoisotopic (exact) mass is 716 g/mol. The van der Waals surface area contributed by atoms with Crippen LogP contribution in [-0.4, -0.2) is 66.3 Å². The lowest BCUT2D eigenvalue weighted by Gasteiger charge is -2.20. The van der Waals surface area contributed by atoms with Crippen LogP contribution in [-0.2, 0) is 27.9 Å². The molecule has 3 N–H and O–H groups in total. The van der Waals surface area contributed by atoms with Gasteiger partial charge < -0.3 is 24.6 Å². The maximum Gasteiger partial charge on any atom is 0.472 e. The molecule has 0 saturated carbocycles. The Bertz CT molecular complexity index is 861. The van der Waals surface area contributed by atoms with Gasteiger partial charge in [-0.3, -0.25) is 13.8 Å². The lowest BCUT2D eigenvalue weighted by molar-refractivity contribution is -0.154. The summed E-state index contributed by atoms with van der Waals surface area (Å²) in [6.45, 7) is 3.42. The Kier molecular flexibility index (Phi) is 35.5. The second-order valence-electron chi connectivity index (χ2n) is 12.9. The fourth-order valence-corrected chi connectivity index (χ4v) is 5.81. The molecule has 0 aliphatic heterocycles. The summed E-state index contributed by atoms with van der Waals surface area (Å²) in [5.41, 5.74) is 0. The first-order valence-corrected chi connectivity index (χ1v) is 21.0. The highest BCUT2D eigenvalue weighted by atomic mass is 31.2. The van der Waals surface area contributed by atoms with Crippen LogP contribution in [0.25, 0.3) is 0 Å². The number of aliphatic hydroxyl groups excluding tert-OH is 2. The van der Waals surface area contributed by atoms with E-state index in [1.54, 1.807) is 0 Å². The second kappa shape index (κ2) is 36.5. The number of phosphoric ester groups is 1. The Morgan fingerprint density at radius 1 is 0.633 bits per heavy atom. The molecule has 9 nitrogen and oxygen atoms in total. The summed E-state index contributed by atoms with van der Waals surface area (Å²) < 4.78 is 33.2. The Morgan fingerprint density at radius 3 is 1.65 bits per heavy atom. The topological polar surface area (TPSA) is 132 Å². The minimum atomic E-state index is -4.51. The van der Waals surface area contributed by atoms with Crippen LogP contribution in [0.1, 0.15) is 162 Å². The highest BCUT2D eigenvalue weighted by Crippen LogP contribution is 2.43. The van der Waals surface area contributed by atoms with Gasteiger partial charge in [0.1, 0.15) is 12.2 Å². The van der Waals surface area contributed by atoms with Crippen molar-refractivity contribution in [1.29, 1.82) is 0 Å². The lowest BCUT2D eigenvalue weighted by Crippen LogP contribution is -2.29. The molecule has 0 aliphatic carbocycles. The van der Waals surface area contributed by atoms with Crippen molar-refractivity contribution in [2.45, 2.75) is 174 Å². The van der Waals surface area contributed by atoms with E-state index in [0.29, 0.717) is 13.0 Å². The molecule has 49 heavy (non-hydrogen) atoms. The molecule has 10 heteroatoms. The van der Waals surface area contributed by atoms with Crippen molar-refractivity contribution in [3.05, 3.63) is 36.5 Å². The zero-order valence-electron chi connectivity index (χ0n) is 31.2. The third-order valence-electron chi connectivity index (χ3n) is 8.05. The quantitative estimate of drug-likeness (QED) is 0.0249. The van der Waals surface area contributed by atoms with Gasteiger partial charge in [-0.25, -0.2) is 4.57 Å². The number of ether oxygens (including phenoxy) is 2. The number of aliphatic hydroxyl groups is 2. The average molecular weight is 717 g/mol. The maximum absolute atomic E-state index is 12.5. The van der Waals surface area contributed by atoms with Gasteiger partial charge in [0.25, 0.3) is 0 Å². The minimum Gasteiger partial charge on any atom is -0.457 e. The predicted octanol–water partition coefficient (Wildman–Crippen LogP) is 10.1. The number of hydrogen-bond donors (Lipinski definition) is 3. The highest BCUT2D eigenvalue weighted by molar-refractivity contribution is 7.47. The third kappa shape index (κ3) is 36.3. The van der Waals surface area contributed by atoms with Gasteiger partial charge in [-0.2, -0.15) is 0 Å². The van der Waals surface area contributed by atoms with E-state index in [0.717, 1.165) is 64.2 Å². The molecule has 0 aromatic rings. The zero-order valence-corrected chi connectivity index (χ0v) is 32.1. The van der Waals surface area contributed by atoms with E-state index < -0.39 is 39.2 Å². The van der Waals surface area contributed by atoms with E-state index in [-0.39, 0.29) is 19.6 Å². The first-order valence-electron chi connectivity index (χ1n) is 19.5. The Hall–Kier alpha value is -1.32. The van der Waals surface area contributed by atoms with Crippen molar-refractivity contribution >= 4 is 13.8 Å². The summed E-state index contributed by atoms with van der Waals surface area (Å²) in [4.78, 5) is 22.5. The molecule has 0 aromatic heterocycles. The van der Waals surface area contributed by atoms with Crippen molar-refractivity contribution in [3.8, 4) is 0 Å². The van der Waals surface area contributed by atoms with Crippen LogP contribution in [0.2, 0.25) is 0 Å². The molecule has 3 unspecified atom stereocenters. The number of carbonyl (C=O) groups excluding carboxylic acids is 1. The first-order chi connectivity index (χ1) is 23.8. The van der Waals surface area contributed by atoms with E-state index in [2.05, 4.69) is 50.3 Å². The summed E-state index contributed by atoms with van der Waals surface area (Å²) in [6, 6.07) is 0. The molecular formula is C39H73O9P. The summed E-state index contributed by atoms with van der Waals surface area (Å²) in [5.74, 6) is -0.398. The molecule has 3 atom stereocenters.